The third kappa shape index (κ3) is 6.06. The Labute approximate surface area is 185 Å². The van der Waals surface area contributed by atoms with Crippen LogP contribution in [-0.4, -0.2) is 44.5 Å². The summed E-state index contributed by atoms with van der Waals surface area (Å²) in [4.78, 5) is 26.0. The Morgan fingerprint density at radius 3 is 2.47 bits per heavy atom. The molecule has 1 fully saturated rings. The van der Waals surface area contributed by atoms with Crippen molar-refractivity contribution in [2.75, 3.05) is 23.7 Å². The summed E-state index contributed by atoms with van der Waals surface area (Å²) in [5, 5.41) is 2.76. The molecule has 0 saturated carbocycles. The second-order valence-electron chi connectivity index (χ2n) is 7.26. The largest absolute Gasteiger partial charge is 0.350 e. The zero-order chi connectivity index (χ0) is 21.7. The zero-order valence-corrected chi connectivity index (χ0v) is 19.1. The van der Waals surface area contributed by atoms with Gasteiger partial charge in [0.25, 0.3) is 0 Å². The van der Waals surface area contributed by atoms with Gasteiger partial charge in [0.2, 0.25) is 21.8 Å². The van der Waals surface area contributed by atoms with Gasteiger partial charge in [-0.1, -0.05) is 46.3 Å². The van der Waals surface area contributed by atoms with Crippen LogP contribution in [0.15, 0.2) is 53.0 Å². The van der Waals surface area contributed by atoms with Gasteiger partial charge in [0.15, 0.2) is 0 Å². The van der Waals surface area contributed by atoms with Gasteiger partial charge in [0.05, 0.1) is 11.9 Å². The number of halogens is 1. The highest BCUT2D eigenvalue weighted by Crippen LogP contribution is 2.22. The minimum Gasteiger partial charge on any atom is -0.350 e. The van der Waals surface area contributed by atoms with E-state index in [1.807, 2.05) is 29.2 Å². The van der Waals surface area contributed by atoms with E-state index in [1.165, 1.54) is 0 Å². The molecule has 0 spiro atoms. The minimum atomic E-state index is -3.61. The van der Waals surface area contributed by atoms with Crippen LogP contribution < -0.4 is 9.62 Å². The first-order valence-corrected chi connectivity index (χ1v) is 12.2. The number of likely N-dealkylation sites (tertiary alicyclic amines) is 1. The summed E-state index contributed by atoms with van der Waals surface area (Å²) in [6.45, 7) is 1.38. The van der Waals surface area contributed by atoms with E-state index >= 15 is 0 Å². The number of benzene rings is 2. The van der Waals surface area contributed by atoms with E-state index in [1.54, 1.807) is 24.3 Å². The Balaban J connectivity index is 1.57. The normalized spacial score (nSPS) is 14.1. The summed E-state index contributed by atoms with van der Waals surface area (Å²) >= 11 is 3.32. The number of nitrogens with zero attached hydrogens (tertiary/aromatic N) is 2. The number of carbonyl (C=O) groups is 2. The maximum Gasteiger partial charge on any atom is 0.241 e. The monoisotopic (exact) mass is 493 g/mol. The molecule has 160 valence electrons. The minimum absolute atomic E-state index is 0.187. The molecule has 2 aromatic rings. The second-order valence-corrected chi connectivity index (χ2v) is 10.1. The Kier molecular flexibility index (Phi) is 7.14. The van der Waals surface area contributed by atoms with Gasteiger partial charge < -0.3 is 10.2 Å². The average Bonchev–Trinajstić information content (AvgIpc) is 3.09. The first-order chi connectivity index (χ1) is 14.2. The number of rotatable bonds is 8. The molecule has 0 bridgehead atoms. The Hall–Kier alpha value is -2.39. The Morgan fingerprint density at radius 1 is 1.17 bits per heavy atom. The molecule has 0 unspecified atom stereocenters. The van der Waals surface area contributed by atoms with Crippen LogP contribution in [0.4, 0.5) is 5.69 Å². The van der Waals surface area contributed by atoms with Crippen molar-refractivity contribution >= 4 is 43.5 Å². The van der Waals surface area contributed by atoms with Crippen molar-refractivity contribution in [2.45, 2.75) is 25.9 Å². The summed E-state index contributed by atoms with van der Waals surface area (Å²) in [7, 11) is -3.61. The molecule has 1 saturated heterocycles. The fraction of sp³-hybridized carbons (Fsp3) is 0.333. The molecule has 0 atom stereocenters. The Morgan fingerprint density at radius 2 is 1.87 bits per heavy atom. The maximum absolute atomic E-state index is 12.4. The number of anilines is 1. The third-order valence-corrected chi connectivity index (χ3v) is 6.48. The van der Waals surface area contributed by atoms with Crippen molar-refractivity contribution in [1.82, 2.24) is 10.2 Å². The zero-order valence-electron chi connectivity index (χ0n) is 16.7. The van der Waals surface area contributed by atoms with Gasteiger partial charge in [0, 0.05) is 30.5 Å². The lowest BCUT2D eigenvalue weighted by Gasteiger charge is -2.22. The van der Waals surface area contributed by atoms with Crippen LogP contribution in [0.5, 0.6) is 0 Å². The second kappa shape index (κ2) is 9.61. The van der Waals surface area contributed by atoms with Gasteiger partial charge in [-0.15, -0.1) is 0 Å². The Bertz CT molecular complexity index is 1020. The fourth-order valence-electron chi connectivity index (χ4n) is 3.27. The van der Waals surface area contributed by atoms with Gasteiger partial charge in [0.1, 0.15) is 6.54 Å². The lowest BCUT2D eigenvalue weighted by Crippen LogP contribution is -2.40. The number of carbonyl (C=O) groups excluding carboxylic acids is 2. The van der Waals surface area contributed by atoms with Crippen molar-refractivity contribution in [2.24, 2.45) is 0 Å². The highest BCUT2D eigenvalue weighted by atomic mass is 79.9. The van der Waals surface area contributed by atoms with E-state index in [9.17, 15) is 18.0 Å². The number of hydrogen-bond donors (Lipinski definition) is 1. The smallest absolute Gasteiger partial charge is 0.241 e. The van der Waals surface area contributed by atoms with Crippen molar-refractivity contribution in [3.8, 4) is 0 Å². The molecule has 2 aromatic carbocycles. The topological polar surface area (TPSA) is 86.8 Å². The molecule has 2 amide bonds. The first-order valence-electron chi connectivity index (χ1n) is 9.58. The van der Waals surface area contributed by atoms with E-state index in [4.69, 9.17) is 0 Å². The molecular formula is C21H24BrN3O4S. The van der Waals surface area contributed by atoms with Crippen molar-refractivity contribution in [3.05, 3.63) is 64.1 Å². The molecule has 0 aliphatic carbocycles. The molecule has 9 heteroatoms. The van der Waals surface area contributed by atoms with Gasteiger partial charge in [-0.25, -0.2) is 8.42 Å². The SMILES string of the molecule is CS(=O)(=O)N(CC(=O)NCc1ccc(CN2CCCC2=O)cc1)c1cccc(Br)c1. The van der Waals surface area contributed by atoms with Crippen molar-refractivity contribution < 1.29 is 18.0 Å². The van der Waals surface area contributed by atoms with Crippen LogP contribution >= 0.6 is 15.9 Å². The summed E-state index contributed by atoms with van der Waals surface area (Å²) in [6, 6.07) is 14.5. The molecule has 1 N–H and O–H groups in total. The first kappa shape index (κ1) is 22.3. The van der Waals surface area contributed by atoms with E-state index in [2.05, 4.69) is 21.2 Å². The molecule has 7 nitrogen and oxygen atoms in total. The lowest BCUT2D eigenvalue weighted by molar-refractivity contribution is -0.128. The predicted molar refractivity (Wildman–Crippen MR) is 119 cm³/mol. The number of nitrogens with one attached hydrogen (secondary N) is 1. The van der Waals surface area contributed by atoms with E-state index in [0.29, 0.717) is 18.7 Å². The van der Waals surface area contributed by atoms with Crippen LogP contribution in [0.3, 0.4) is 0 Å². The van der Waals surface area contributed by atoms with E-state index < -0.39 is 15.9 Å². The molecule has 1 aliphatic heterocycles. The average molecular weight is 494 g/mol. The quantitative estimate of drug-likeness (QED) is 0.612. The van der Waals surface area contributed by atoms with Gasteiger partial charge in [-0.05, 0) is 35.7 Å². The molecule has 30 heavy (non-hydrogen) atoms. The van der Waals surface area contributed by atoms with Crippen LogP contribution in [0.2, 0.25) is 0 Å². The highest BCUT2D eigenvalue weighted by Gasteiger charge is 2.21. The molecule has 3 rings (SSSR count). The van der Waals surface area contributed by atoms with Gasteiger partial charge in [-0.2, -0.15) is 0 Å². The standard InChI is InChI=1S/C21H24BrN3O4S/c1-30(28,29)25(19-5-2-4-18(22)12-19)15-20(26)23-13-16-7-9-17(10-8-16)14-24-11-3-6-21(24)27/h2,4-5,7-10,12H,3,6,11,13-15H2,1H3,(H,23,26). The molecule has 1 aliphatic rings. The maximum atomic E-state index is 12.4. The molecule has 1 heterocycles. The molecule has 0 aromatic heterocycles. The van der Waals surface area contributed by atoms with Crippen molar-refractivity contribution in [1.29, 1.82) is 0 Å². The summed E-state index contributed by atoms with van der Waals surface area (Å²) in [5.74, 6) is -0.209. The predicted octanol–water partition coefficient (Wildman–Crippen LogP) is 2.65. The van der Waals surface area contributed by atoms with Crippen LogP contribution in [-0.2, 0) is 32.7 Å². The summed E-state index contributed by atoms with van der Waals surface area (Å²) in [5.41, 5.74) is 2.36. The number of hydrogen-bond acceptors (Lipinski definition) is 4. The summed E-state index contributed by atoms with van der Waals surface area (Å²) < 4.78 is 26.1. The highest BCUT2D eigenvalue weighted by molar-refractivity contribution is 9.10. The molecular weight excluding hydrogens is 470 g/mol. The van der Waals surface area contributed by atoms with E-state index in [0.717, 1.165) is 39.1 Å². The van der Waals surface area contributed by atoms with Crippen LogP contribution in [0, 0.1) is 0 Å². The van der Waals surface area contributed by atoms with E-state index in [-0.39, 0.29) is 19.0 Å². The van der Waals surface area contributed by atoms with Gasteiger partial charge >= 0.3 is 0 Å². The van der Waals surface area contributed by atoms with Crippen LogP contribution in [0.25, 0.3) is 0 Å². The lowest BCUT2D eigenvalue weighted by atomic mass is 10.1. The van der Waals surface area contributed by atoms with Crippen LogP contribution in [0.1, 0.15) is 24.0 Å². The third-order valence-electron chi connectivity index (χ3n) is 4.84. The van der Waals surface area contributed by atoms with Gasteiger partial charge in [-0.3, -0.25) is 13.9 Å². The number of amides is 2. The number of sulfonamides is 1. The summed E-state index contributed by atoms with van der Waals surface area (Å²) in [6.07, 6.45) is 2.60. The molecule has 0 radical (unpaired) electrons. The van der Waals surface area contributed by atoms with Crippen molar-refractivity contribution in [3.63, 3.8) is 0 Å². The fourth-order valence-corrected chi connectivity index (χ4v) is 4.51.